The van der Waals surface area contributed by atoms with Crippen LogP contribution < -0.4 is 5.32 Å². The summed E-state index contributed by atoms with van der Waals surface area (Å²) in [5.74, 6) is -0.484. The molecule has 0 aromatic heterocycles. The SMILES string of the molecule is O=C(Nc1cccc(Cl)c1)[C@H]1CC1(Cl)Cl. The van der Waals surface area contributed by atoms with Gasteiger partial charge in [-0.1, -0.05) is 17.7 Å². The largest absolute Gasteiger partial charge is 0.326 e. The number of hydrogen-bond donors (Lipinski definition) is 1. The molecule has 1 atom stereocenters. The van der Waals surface area contributed by atoms with Crippen molar-refractivity contribution in [3.05, 3.63) is 29.3 Å². The molecule has 1 N–H and O–H groups in total. The fourth-order valence-corrected chi connectivity index (χ4v) is 1.99. The number of carbonyl (C=O) groups is 1. The molecule has 5 heteroatoms. The number of rotatable bonds is 2. The Morgan fingerprint density at radius 1 is 1.47 bits per heavy atom. The second-order valence-corrected chi connectivity index (χ2v) is 5.50. The molecule has 1 fully saturated rings. The molecule has 2 rings (SSSR count). The van der Waals surface area contributed by atoms with E-state index in [1.165, 1.54) is 0 Å². The van der Waals surface area contributed by atoms with Crippen molar-refractivity contribution in [2.45, 2.75) is 10.8 Å². The molecule has 0 radical (unpaired) electrons. The number of halogens is 3. The summed E-state index contributed by atoms with van der Waals surface area (Å²) in [6, 6.07) is 6.93. The van der Waals surface area contributed by atoms with Gasteiger partial charge < -0.3 is 5.32 Å². The van der Waals surface area contributed by atoms with Gasteiger partial charge in [-0.2, -0.15) is 0 Å². The van der Waals surface area contributed by atoms with Gasteiger partial charge in [-0.25, -0.2) is 0 Å². The zero-order chi connectivity index (χ0) is 11.1. The summed E-state index contributed by atoms with van der Waals surface area (Å²) in [5.41, 5.74) is 0.656. The lowest BCUT2D eigenvalue weighted by Crippen LogP contribution is -2.16. The normalized spacial score (nSPS) is 22.2. The number of alkyl halides is 2. The van der Waals surface area contributed by atoms with Crippen molar-refractivity contribution in [1.82, 2.24) is 0 Å². The molecule has 0 bridgehead atoms. The van der Waals surface area contributed by atoms with E-state index < -0.39 is 4.33 Å². The number of nitrogens with one attached hydrogen (secondary N) is 1. The summed E-state index contributed by atoms with van der Waals surface area (Å²) in [7, 11) is 0. The molecule has 1 saturated carbocycles. The molecule has 0 unspecified atom stereocenters. The predicted octanol–water partition coefficient (Wildman–Crippen LogP) is 3.47. The maximum Gasteiger partial charge on any atom is 0.230 e. The Morgan fingerprint density at radius 2 is 2.13 bits per heavy atom. The number of amides is 1. The summed E-state index contributed by atoms with van der Waals surface area (Å²) in [5, 5.41) is 3.28. The van der Waals surface area contributed by atoms with Gasteiger partial charge in [0, 0.05) is 10.7 Å². The van der Waals surface area contributed by atoms with Gasteiger partial charge in [0.15, 0.2) is 0 Å². The fourth-order valence-electron chi connectivity index (χ4n) is 1.29. The summed E-state index contributed by atoms with van der Waals surface area (Å²) < 4.78 is -0.886. The first kappa shape index (κ1) is 11.1. The first-order chi connectivity index (χ1) is 6.99. The maximum absolute atomic E-state index is 11.6. The van der Waals surface area contributed by atoms with Gasteiger partial charge in [0.05, 0.1) is 5.92 Å². The Hall–Kier alpha value is -0.440. The smallest absolute Gasteiger partial charge is 0.230 e. The van der Waals surface area contributed by atoms with Crippen LogP contribution in [0.4, 0.5) is 5.69 Å². The summed E-state index contributed by atoms with van der Waals surface area (Å²) in [6.45, 7) is 0. The predicted molar refractivity (Wildman–Crippen MR) is 62.6 cm³/mol. The highest BCUT2D eigenvalue weighted by Crippen LogP contribution is 2.53. The van der Waals surface area contributed by atoms with Crippen molar-refractivity contribution in [2.24, 2.45) is 5.92 Å². The number of benzene rings is 1. The number of anilines is 1. The minimum absolute atomic E-state index is 0.165. The van der Waals surface area contributed by atoms with Crippen LogP contribution >= 0.6 is 34.8 Å². The topological polar surface area (TPSA) is 29.1 Å². The van der Waals surface area contributed by atoms with E-state index in [2.05, 4.69) is 5.32 Å². The van der Waals surface area contributed by atoms with Crippen LogP contribution in [-0.4, -0.2) is 10.2 Å². The van der Waals surface area contributed by atoms with E-state index in [-0.39, 0.29) is 11.8 Å². The van der Waals surface area contributed by atoms with E-state index in [4.69, 9.17) is 34.8 Å². The molecule has 1 aromatic carbocycles. The minimum atomic E-state index is -0.886. The second-order valence-electron chi connectivity index (χ2n) is 3.52. The van der Waals surface area contributed by atoms with Crippen LogP contribution in [0.25, 0.3) is 0 Å². The first-order valence-electron chi connectivity index (χ1n) is 4.43. The Bertz CT molecular complexity index is 405. The lowest BCUT2D eigenvalue weighted by Gasteiger charge is -2.05. The highest BCUT2D eigenvalue weighted by atomic mass is 35.5. The standard InChI is InChI=1S/C10H8Cl3NO/c11-6-2-1-3-7(4-6)14-9(15)8-5-10(8,12)13/h1-4,8H,5H2,(H,14,15)/t8-/m1/s1. The molecule has 0 spiro atoms. The maximum atomic E-state index is 11.6. The van der Waals surface area contributed by atoms with E-state index in [1.54, 1.807) is 24.3 Å². The molecule has 0 saturated heterocycles. The third kappa shape index (κ3) is 2.57. The van der Waals surface area contributed by atoms with E-state index in [0.717, 1.165) is 0 Å². The third-order valence-electron chi connectivity index (χ3n) is 2.23. The van der Waals surface area contributed by atoms with Crippen molar-refractivity contribution in [3.8, 4) is 0 Å². The van der Waals surface area contributed by atoms with Crippen LogP contribution in [0.1, 0.15) is 6.42 Å². The second kappa shape index (κ2) is 3.85. The third-order valence-corrected chi connectivity index (χ3v) is 3.31. The lowest BCUT2D eigenvalue weighted by molar-refractivity contribution is -0.117. The summed E-state index contributed by atoms with van der Waals surface area (Å²) >= 11 is 17.3. The van der Waals surface area contributed by atoms with Gasteiger partial charge in [0.1, 0.15) is 4.33 Å². The van der Waals surface area contributed by atoms with Crippen molar-refractivity contribution in [1.29, 1.82) is 0 Å². The molecule has 15 heavy (non-hydrogen) atoms. The van der Waals surface area contributed by atoms with Crippen LogP contribution in [0.5, 0.6) is 0 Å². The number of carbonyl (C=O) groups excluding carboxylic acids is 1. The first-order valence-corrected chi connectivity index (χ1v) is 5.57. The Morgan fingerprint density at radius 3 is 2.67 bits per heavy atom. The highest BCUT2D eigenvalue weighted by molar-refractivity contribution is 6.52. The molecule has 0 aliphatic heterocycles. The highest BCUT2D eigenvalue weighted by Gasteiger charge is 2.56. The zero-order valence-corrected chi connectivity index (χ0v) is 9.90. The molecule has 1 amide bonds. The van der Waals surface area contributed by atoms with Crippen LogP contribution in [0.2, 0.25) is 5.02 Å². The monoisotopic (exact) mass is 263 g/mol. The Labute approximate surface area is 103 Å². The fraction of sp³-hybridized carbons (Fsp3) is 0.300. The van der Waals surface area contributed by atoms with Gasteiger partial charge in [-0.15, -0.1) is 23.2 Å². The van der Waals surface area contributed by atoms with Gasteiger partial charge in [0.2, 0.25) is 5.91 Å². The molecule has 2 nitrogen and oxygen atoms in total. The van der Waals surface area contributed by atoms with Crippen LogP contribution in [-0.2, 0) is 4.79 Å². The van der Waals surface area contributed by atoms with Crippen molar-refractivity contribution < 1.29 is 4.79 Å². The lowest BCUT2D eigenvalue weighted by atomic mass is 10.3. The molecule has 0 heterocycles. The van der Waals surface area contributed by atoms with Crippen LogP contribution in [0.15, 0.2) is 24.3 Å². The van der Waals surface area contributed by atoms with Gasteiger partial charge in [-0.05, 0) is 24.6 Å². The average molecular weight is 265 g/mol. The van der Waals surface area contributed by atoms with Crippen LogP contribution in [0.3, 0.4) is 0 Å². The molecule has 80 valence electrons. The summed E-state index contributed by atoms with van der Waals surface area (Å²) in [4.78, 5) is 11.6. The molecule has 1 aliphatic carbocycles. The molecular formula is C10H8Cl3NO. The van der Waals surface area contributed by atoms with Crippen molar-refractivity contribution in [2.75, 3.05) is 5.32 Å². The average Bonchev–Trinajstić information content (AvgIpc) is 2.75. The van der Waals surface area contributed by atoms with E-state index in [9.17, 15) is 4.79 Å². The molecule has 1 aliphatic rings. The molecular weight excluding hydrogens is 256 g/mol. The van der Waals surface area contributed by atoms with E-state index in [1.807, 2.05) is 0 Å². The van der Waals surface area contributed by atoms with Crippen LogP contribution in [0, 0.1) is 5.92 Å². The minimum Gasteiger partial charge on any atom is -0.326 e. The van der Waals surface area contributed by atoms with E-state index >= 15 is 0 Å². The van der Waals surface area contributed by atoms with E-state index in [0.29, 0.717) is 17.1 Å². The van der Waals surface area contributed by atoms with Crippen molar-refractivity contribution >= 4 is 46.4 Å². The zero-order valence-electron chi connectivity index (χ0n) is 7.64. The Balaban J connectivity index is 2.01. The summed E-state index contributed by atoms with van der Waals surface area (Å²) in [6.07, 6.45) is 0.502. The van der Waals surface area contributed by atoms with Gasteiger partial charge in [0.25, 0.3) is 0 Å². The van der Waals surface area contributed by atoms with Gasteiger partial charge in [-0.3, -0.25) is 4.79 Å². The van der Waals surface area contributed by atoms with Gasteiger partial charge >= 0.3 is 0 Å². The quantitative estimate of drug-likeness (QED) is 0.814. The molecule has 1 aromatic rings. The van der Waals surface area contributed by atoms with Crippen molar-refractivity contribution in [3.63, 3.8) is 0 Å². The number of hydrogen-bond acceptors (Lipinski definition) is 1. The Kier molecular flexibility index (Phi) is 2.84.